The van der Waals surface area contributed by atoms with Gasteiger partial charge in [-0.1, -0.05) is 68.4 Å². The molecule has 0 fully saturated rings. The highest BCUT2D eigenvalue weighted by Gasteiger charge is 2.23. The molecule has 8 nitrogen and oxygen atoms in total. The van der Waals surface area contributed by atoms with Crippen LogP contribution in [0.4, 0.5) is 5.69 Å². The molecule has 188 valence electrons. The third-order valence-electron chi connectivity index (χ3n) is 6.45. The molecule has 5 rings (SSSR count). The van der Waals surface area contributed by atoms with Gasteiger partial charge in [-0.25, -0.2) is 4.79 Å². The average Bonchev–Trinajstić information content (AvgIpc) is 3.24. The Balaban J connectivity index is 1.79. The lowest BCUT2D eigenvalue weighted by molar-refractivity contribution is -0.114. The molecule has 0 aliphatic heterocycles. The maximum atomic E-state index is 13.5. The van der Waals surface area contributed by atoms with Crippen molar-refractivity contribution in [1.82, 2.24) is 18.9 Å². The van der Waals surface area contributed by atoms with Crippen LogP contribution in [-0.4, -0.2) is 24.8 Å². The van der Waals surface area contributed by atoms with Gasteiger partial charge in [0.15, 0.2) is 5.65 Å². The normalized spacial score (nSPS) is 11.5. The zero-order chi connectivity index (χ0) is 26.3. The van der Waals surface area contributed by atoms with Gasteiger partial charge in [0.2, 0.25) is 5.91 Å². The van der Waals surface area contributed by atoms with E-state index in [4.69, 9.17) is 5.10 Å². The monoisotopic (exact) mass is 495 g/mol. The first kappa shape index (κ1) is 24.2. The van der Waals surface area contributed by atoms with Gasteiger partial charge in [-0.2, -0.15) is 5.10 Å². The number of carbonyl (C=O) groups is 1. The summed E-state index contributed by atoms with van der Waals surface area (Å²) in [5.41, 5.74) is 2.72. The predicted octanol–water partition coefficient (Wildman–Crippen LogP) is 4.38. The van der Waals surface area contributed by atoms with E-state index in [-0.39, 0.29) is 23.1 Å². The van der Waals surface area contributed by atoms with Crippen LogP contribution in [0.2, 0.25) is 0 Å². The van der Waals surface area contributed by atoms with Crippen molar-refractivity contribution in [1.29, 1.82) is 0 Å². The Bertz CT molecular complexity index is 1750. The molecular weight excluding hydrogens is 466 g/mol. The highest BCUT2D eigenvalue weighted by molar-refractivity contribution is 5.93. The maximum Gasteiger partial charge on any atom is 0.332 e. The van der Waals surface area contributed by atoms with E-state index in [1.807, 2.05) is 48.9 Å². The molecule has 2 aromatic heterocycles. The quantitative estimate of drug-likeness (QED) is 0.379. The van der Waals surface area contributed by atoms with Crippen LogP contribution in [0, 0.1) is 5.92 Å². The number of aromatic nitrogens is 4. The smallest absolute Gasteiger partial charge is 0.326 e. The molecule has 0 spiro atoms. The minimum absolute atomic E-state index is 0.161. The summed E-state index contributed by atoms with van der Waals surface area (Å²) >= 11 is 0. The molecule has 2 heterocycles. The van der Waals surface area contributed by atoms with Crippen LogP contribution >= 0.6 is 0 Å². The van der Waals surface area contributed by atoms with Gasteiger partial charge in [-0.15, -0.1) is 0 Å². The lowest BCUT2D eigenvalue weighted by Crippen LogP contribution is -2.38. The summed E-state index contributed by atoms with van der Waals surface area (Å²) in [6.45, 7) is 6.36. The van der Waals surface area contributed by atoms with Crippen LogP contribution in [0.1, 0.15) is 26.3 Å². The van der Waals surface area contributed by atoms with Crippen LogP contribution in [0.25, 0.3) is 33.1 Å². The number of rotatable bonds is 6. The Morgan fingerprint density at radius 1 is 0.973 bits per heavy atom. The van der Waals surface area contributed by atoms with Gasteiger partial charge in [0.1, 0.15) is 5.39 Å². The summed E-state index contributed by atoms with van der Waals surface area (Å²) in [6, 6.07) is 21.6. The fraction of sp³-hybridized carbons (Fsp3) is 0.241. The number of nitrogens with zero attached hydrogens (tertiary/aromatic N) is 4. The first-order valence-electron chi connectivity index (χ1n) is 12.3. The Labute approximate surface area is 213 Å². The van der Waals surface area contributed by atoms with Gasteiger partial charge < -0.3 is 5.32 Å². The van der Waals surface area contributed by atoms with Gasteiger partial charge in [-0.05, 0) is 34.4 Å². The summed E-state index contributed by atoms with van der Waals surface area (Å²) < 4.78 is 4.57. The molecule has 37 heavy (non-hydrogen) atoms. The number of fused-ring (bicyclic) bond motifs is 2. The van der Waals surface area contributed by atoms with Crippen molar-refractivity contribution in [3.8, 4) is 11.3 Å². The first-order valence-corrected chi connectivity index (χ1v) is 12.3. The van der Waals surface area contributed by atoms with Crippen LogP contribution in [0.15, 0.2) is 76.3 Å². The summed E-state index contributed by atoms with van der Waals surface area (Å²) in [6.07, 6.45) is 0. The second-order valence-corrected chi connectivity index (χ2v) is 9.75. The van der Waals surface area contributed by atoms with Crippen LogP contribution in [-0.2, 0) is 24.9 Å². The molecule has 0 saturated heterocycles. The predicted molar refractivity (Wildman–Crippen MR) is 147 cm³/mol. The molecule has 0 aliphatic carbocycles. The van der Waals surface area contributed by atoms with E-state index in [2.05, 4.69) is 29.6 Å². The van der Waals surface area contributed by atoms with E-state index in [1.54, 1.807) is 16.7 Å². The fourth-order valence-corrected chi connectivity index (χ4v) is 4.81. The summed E-state index contributed by atoms with van der Waals surface area (Å²) in [4.78, 5) is 38.1. The number of nitrogens with one attached hydrogen (secondary N) is 1. The zero-order valence-corrected chi connectivity index (χ0v) is 21.4. The Morgan fingerprint density at radius 3 is 2.38 bits per heavy atom. The van der Waals surface area contributed by atoms with Crippen LogP contribution in [0.5, 0.6) is 0 Å². The average molecular weight is 496 g/mol. The second-order valence-electron chi connectivity index (χ2n) is 9.75. The standard InChI is InChI=1S/C29H29N5O3/c1-18(2)16-33-27-25(28(36)32(4)29(33)37)26(21-12-14-23(15-13-21)30-19(3)35)34(31-27)17-22-10-7-9-20-8-5-6-11-24(20)22/h5-15,18H,16-17H2,1-4H3,(H,30,35). The summed E-state index contributed by atoms with van der Waals surface area (Å²) in [5, 5.41) is 10.3. The van der Waals surface area contributed by atoms with Crippen molar-refractivity contribution in [2.45, 2.75) is 33.9 Å². The number of anilines is 1. The van der Waals surface area contributed by atoms with Crippen LogP contribution < -0.4 is 16.6 Å². The third-order valence-corrected chi connectivity index (χ3v) is 6.45. The molecule has 5 aromatic rings. The number of hydrogen-bond acceptors (Lipinski definition) is 4. The molecule has 1 amide bonds. The highest BCUT2D eigenvalue weighted by Crippen LogP contribution is 2.29. The van der Waals surface area contributed by atoms with Gasteiger partial charge >= 0.3 is 5.69 Å². The van der Waals surface area contributed by atoms with E-state index in [0.29, 0.717) is 35.5 Å². The van der Waals surface area contributed by atoms with E-state index < -0.39 is 0 Å². The minimum Gasteiger partial charge on any atom is -0.326 e. The fourth-order valence-electron chi connectivity index (χ4n) is 4.81. The second kappa shape index (κ2) is 9.54. The van der Waals surface area contributed by atoms with Gasteiger partial charge in [0, 0.05) is 31.8 Å². The lowest BCUT2D eigenvalue weighted by atomic mass is 10.0. The molecule has 0 bridgehead atoms. The van der Waals surface area contributed by atoms with Crippen molar-refractivity contribution in [3.63, 3.8) is 0 Å². The maximum absolute atomic E-state index is 13.5. The van der Waals surface area contributed by atoms with Gasteiger partial charge in [0.05, 0.1) is 12.2 Å². The lowest BCUT2D eigenvalue weighted by Gasteiger charge is -2.12. The largest absolute Gasteiger partial charge is 0.332 e. The van der Waals surface area contributed by atoms with Crippen molar-refractivity contribution < 1.29 is 4.79 Å². The molecule has 0 saturated carbocycles. The Morgan fingerprint density at radius 2 is 1.68 bits per heavy atom. The van der Waals surface area contributed by atoms with E-state index in [1.165, 1.54) is 14.0 Å². The molecule has 0 aliphatic rings. The number of hydrogen-bond donors (Lipinski definition) is 1. The number of carbonyl (C=O) groups excluding carboxylic acids is 1. The van der Waals surface area contributed by atoms with E-state index in [0.717, 1.165) is 26.5 Å². The molecule has 0 radical (unpaired) electrons. The molecule has 8 heteroatoms. The number of benzene rings is 3. The molecular formula is C29H29N5O3. The Hall–Kier alpha value is -4.46. The molecule has 1 N–H and O–H groups in total. The van der Waals surface area contributed by atoms with Crippen molar-refractivity contribution in [2.75, 3.05) is 5.32 Å². The molecule has 0 atom stereocenters. The first-order chi connectivity index (χ1) is 17.7. The van der Waals surface area contributed by atoms with Crippen molar-refractivity contribution in [2.24, 2.45) is 13.0 Å². The van der Waals surface area contributed by atoms with Gasteiger partial charge in [0.25, 0.3) is 5.56 Å². The van der Waals surface area contributed by atoms with Gasteiger partial charge in [-0.3, -0.25) is 23.4 Å². The zero-order valence-electron chi connectivity index (χ0n) is 21.4. The minimum atomic E-state index is -0.384. The van der Waals surface area contributed by atoms with E-state index in [9.17, 15) is 14.4 Å². The topological polar surface area (TPSA) is 90.9 Å². The number of amides is 1. The SMILES string of the molecule is CC(=O)Nc1ccc(-c2c3c(=O)n(C)c(=O)n(CC(C)C)c3nn2Cc2cccc3ccccc23)cc1. The van der Waals surface area contributed by atoms with Crippen molar-refractivity contribution in [3.05, 3.63) is 93.1 Å². The molecule has 3 aromatic carbocycles. The Kier molecular flexibility index (Phi) is 6.25. The summed E-state index contributed by atoms with van der Waals surface area (Å²) in [5.74, 6) is 0.0211. The highest BCUT2D eigenvalue weighted by atomic mass is 16.2. The van der Waals surface area contributed by atoms with Crippen molar-refractivity contribution >= 4 is 33.4 Å². The van der Waals surface area contributed by atoms with Crippen LogP contribution in [0.3, 0.4) is 0 Å². The molecule has 0 unspecified atom stereocenters. The summed E-state index contributed by atoms with van der Waals surface area (Å²) in [7, 11) is 1.51. The third kappa shape index (κ3) is 4.46. The van der Waals surface area contributed by atoms with E-state index >= 15 is 0 Å².